The molecule has 0 spiro atoms. The summed E-state index contributed by atoms with van der Waals surface area (Å²) in [5, 5.41) is 2.91. The SMILES string of the molecule is CC(C)[C@H](N)C(=O)NCCN1CCCCC1. The fourth-order valence-corrected chi connectivity index (χ4v) is 1.94. The van der Waals surface area contributed by atoms with Crippen molar-refractivity contribution in [2.45, 2.75) is 39.2 Å². The quantitative estimate of drug-likeness (QED) is 0.722. The van der Waals surface area contributed by atoms with Crippen molar-refractivity contribution in [2.75, 3.05) is 26.2 Å². The predicted octanol–water partition coefficient (Wildman–Crippen LogP) is 0.572. The minimum atomic E-state index is -0.374. The minimum absolute atomic E-state index is 0.0213. The summed E-state index contributed by atoms with van der Waals surface area (Å²) >= 11 is 0. The molecule has 4 nitrogen and oxygen atoms in total. The molecule has 1 saturated heterocycles. The Kier molecular flexibility index (Phi) is 5.77. The van der Waals surface area contributed by atoms with E-state index in [2.05, 4.69) is 10.2 Å². The van der Waals surface area contributed by atoms with Crippen molar-refractivity contribution in [1.82, 2.24) is 10.2 Å². The monoisotopic (exact) mass is 227 g/mol. The van der Waals surface area contributed by atoms with Crippen LogP contribution in [-0.2, 0) is 4.79 Å². The first kappa shape index (κ1) is 13.5. The molecule has 0 aromatic heterocycles. The smallest absolute Gasteiger partial charge is 0.237 e. The molecule has 0 aromatic carbocycles. The van der Waals surface area contributed by atoms with Gasteiger partial charge in [-0.1, -0.05) is 20.3 Å². The van der Waals surface area contributed by atoms with Gasteiger partial charge in [0.25, 0.3) is 0 Å². The van der Waals surface area contributed by atoms with Crippen LogP contribution in [0.4, 0.5) is 0 Å². The molecule has 1 amide bonds. The molecule has 3 N–H and O–H groups in total. The lowest BCUT2D eigenvalue weighted by atomic mass is 10.1. The first-order valence-corrected chi connectivity index (χ1v) is 6.37. The predicted molar refractivity (Wildman–Crippen MR) is 66.1 cm³/mol. The van der Waals surface area contributed by atoms with Gasteiger partial charge in [0, 0.05) is 13.1 Å². The molecule has 94 valence electrons. The minimum Gasteiger partial charge on any atom is -0.353 e. The van der Waals surface area contributed by atoms with E-state index in [9.17, 15) is 4.79 Å². The molecule has 0 radical (unpaired) electrons. The highest BCUT2D eigenvalue weighted by molar-refractivity contribution is 5.81. The fraction of sp³-hybridized carbons (Fsp3) is 0.917. The maximum atomic E-state index is 11.6. The second-order valence-electron chi connectivity index (χ2n) is 4.96. The van der Waals surface area contributed by atoms with Gasteiger partial charge in [-0.2, -0.15) is 0 Å². The molecule has 0 bridgehead atoms. The lowest BCUT2D eigenvalue weighted by Crippen LogP contribution is -2.46. The number of likely N-dealkylation sites (tertiary alicyclic amines) is 1. The molecule has 16 heavy (non-hydrogen) atoms. The number of carbonyl (C=O) groups is 1. The third-order valence-corrected chi connectivity index (χ3v) is 3.20. The van der Waals surface area contributed by atoms with E-state index in [1.165, 1.54) is 32.4 Å². The molecular weight excluding hydrogens is 202 g/mol. The fourth-order valence-electron chi connectivity index (χ4n) is 1.94. The van der Waals surface area contributed by atoms with Crippen molar-refractivity contribution in [3.05, 3.63) is 0 Å². The summed E-state index contributed by atoms with van der Waals surface area (Å²) in [7, 11) is 0. The van der Waals surface area contributed by atoms with Gasteiger partial charge in [0.15, 0.2) is 0 Å². The van der Waals surface area contributed by atoms with E-state index < -0.39 is 0 Å². The normalized spacial score (nSPS) is 19.8. The van der Waals surface area contributed by atoms with E-state index in [0.29, 0.717) is 0 Å². The number of piperidine rings is 1. The number of rotatable bonds is 5. The van der Waals surface area contributed by atoms with Crippen molar-refractivity contribution < 1.29 is 4.79 Å². The van der Waals surface area contributed by atoms with Gasteiger partial charge in [0.2, 0.25) is 5.91 Å². The molecule has 1 atom stereocenters. The average molecular weight is 227 g/mol. The average Bonchev–Trinajstić information content (AvgIpc) is 2.29. The number of amides is 1. The molecule has 0 aliphatic carbocycles. The number of hydrogen-bond donors (Lipinski definition) is 2. The zero-order valence-corrected chi connectivity index (χ0v) is 10.5. The third-order valence-electron chi connectivity index (χ3n) is 3.20. The molecule has 4 heteroatoms. The molecule has 1 aliphatic heterocycles. The van der Waals surface area contributed by atoms with Gasteiger partial charge < -0.3 is 16.0 Å². The molecule has 1 rings (SSSR count). The maximum Gasteiger partial charge on any atom is 0.237 e. The molecule has 1 heterocycles. The number of nitrogens with one attached hydrogen (secondary N) is 1. The highest BCUT2D eigenvalue weighted by Gasteiger charge is 2.17. The maximum absolute atomic E-state index is 11.6. The zero-order valence-electron chi connectivity index (χ0n) is 10.5. The number of nitrogens with two attached hydrogens (primary N) is 1. The van der Waals surface area contributed by atoms with E-state index in [4.69, 9.17) is 5.73 Å². The van der Waals surface area contributed by atoms with E-state index in [-0.39, 0.29) is 17.9 Å². The van der Waals surface area contributed by atoms with Gasteiger partial charge >= 0.3 is 0 Å². The molecule has 1 fully saturated rings. The Morgan fingerprint density at radius 1 is 1.31 bits per heavy atom. The van der Waals surface area contributed by atoms with Crippen molar-refractivity contribution in [3.8, 4) is 0 Å². The molecule has 0 unspecified atom stereocenters. The molecular formula is C12H25N3O. The first-order valence-electron chi connectivity index (χ1n) is 6.37. The Balaban J connectivity index is 2.12. The highest BCUT2D eigenvalue weighted by atomic mass is 16.2. The van der Waals surface area contributed by atoms with Crippen molar-refractivity contribution >= 4 is 5.91 Å². The summed E-state index contributed by atoms with van der Waals surface area (Å²) in [5.74, 6) is 0.182. The number of carbonyl (C=O) groups excluding carboxylic acids is 1. The summed E-state index contributed by atoms with van der Waals surface area (Å²) < 4.78 is 0. The van der Waals surface area contributed by atoms with E-state index in [0.717, 1.165) is 13.1 Å². The van der Waals surface area contributed by atoms with Gasteiger partial charge in [-0.15, -0.1) is 0 Å². The summed E-state index contributed by atoms with van der Waals surface area (Å²) in [5.41, 5.74) is 5.75. The Labute approximate surface area is 98.6 Å². The van der Waals surface area contributed by atoms with Gasteiger partial charge in [-0.25, -0.2) is 0 Å². The van der Waals surface area contributed by atoms with Crippen LogP contribution < -0.4 is 11.1 Å². The van der Waals surface area contributed by atoms with Crippen LogP contribution in [0.5, 0.6) is 0 Å². The highest BCUT2D eigenvalue weighted by Crippen LogP contribution is 2.07. The van der Waals surface area contributed by atoms with Gasteiger partial charge in [-0.3, -0.25) is 4.79 Å². The lowest BCUT2D eigenvalue weighted by molar-refractivity contribution is -0.123. The number of nitrogens with zero attached hydrogens (tertiary/aromatic N) is 1. The Hall–Kier alpha value is -0.610. The van der Waals surface area contributed by atoms with Gasteiger partial charge in [-0.05, 0) is 31.8 Å². The molecule has 0 aromatic rings. The summed E-state index contributed by atoms with van der Waals surface area (Å²) in [6.07, 6.45) is 3.93. The Morgan fingerprint density at radius 3 is 2.50 bits per heavy atom. The van der Waals surface area contributed by atoms with E-state index in [1.54, 1.807) is 0 Å². The van der Waals surface area contributed by atoms with Crippen LogP contribution in [0.25, 0.3) is 0 Å². The van der Waals surface area contributed by atoms with Crippen LogP contribution in [0, 0.1) is 5.92 Å². The molecule has 0 saturated carbocycles. The summed E-state index contributed by atoms with van der Waals surface area (Å²) in [6.45, 7) is 7.96. The van der Waals surface area contributed by atoms with Gasteiger partial charge in [0.05, 0.1) is 6.04 Å². The van der Waals surface area contributed by atoms with Crippen LogP contribution in [0.3, 0.4) is 0 Å². The Morgan fingerprint density at radius 2 is 1.94 bits per heavy atom. The van der Waals surface area contributed by atoms with Crippen molar-refractivity contribution in [1.29, 1.82) is 0 Å². The lowest BCUT2D eigenvalue weighted by Gasteiger charge is -2.26. The van der Waals surface area contributed by atoms with Crippen LogP contribution in [0.2, 0.25) is 0 Å². The van der Waals surface area contributed by atoms with Crippen LogP contribution in [0.1, 0.15) is 33.1 Å². The summed E-state index contributed by atoms with van der Waals surface area (Å²) in [4.78, 5) is 14.0. The second kappa shape index (κ2) is 6.86. The third kappa shape index (κ3) is 4.49. The van der Waals surface area contributed by atoms with Crippen LogP contribution in [-0.4, -0.2) is 43.0 Å². The van der Waals surface area contributed by atoms with Gasteiger partial charge in [0.1, 0.15) is 0 Å². The number of hydrogen-bond acceptors (Lipinski definition) is 3. The van der Waals surface area contributed by atoms with Crippen LogP contribution >= 0.6 is 0 Å². The Bertz CT molecular complexity index is 212. The topological polar surface area (TPSA) is 58.4 Å². The molecule has 1 aliphatic rings. The zero-order chi connectivity index (χ0) is 12.0. The van der Waals surface area contributed by atoms with Crippen molar-refractivity contribution in [2.24, 2.45) is 11.7 Å². The van der Waals surface area contributed by atoms with E-state index >= 15 is 0 Å². The van der Waals surface area contributed by atoms with Crippen molar-refractivity contribution in [3.63, 3.8) is 0 Å². The van der Waals surface area contributed by atoms with Crippen LogP contribution in [0.15, 0.2) is 0 Å². The first-order chi connectivity index (χ1) is 7.61. The standard InChI is InChI=1S/C12H25N3O/c1-10(2)11(13)12(16)14-6-9-15-7-4-3-5-8-15/h10-11H,3-9,13H2,1-2H3,(H,14,16)/t11-/m0/s1. The summed E-state index contributed by atoms with van der Waals surface area (Å²) in [6, 6.07) is -0.374. The van der Waals surface area contributed by atoms with E-state index in [1.807, 2.05) is 13.8 Å². The largest absolute Gasteiger partial charge is 0.353 e. The second-order valence-corrected chi connectivity index (χ2v) is 4.96.